The molecule has 1 aliphatic carbocycles. The van der Waals surface area contributed by atoms with E-state index in [-0.39, 0.29) is 39.5 Å². The molecule has 190 valence electrons. The molecule has 2 aromatic heterocycles. The molecule has 0 bridgehead atoms. The maximum absolute atomic E-state index is 13.8. The van der Waals surface area contributed by atoms with Gasteiger partial charge in [-0.3, -0.25) is 18.8 Å². The second-order valence-corrected chi connectivity index (χ2v) is 9.46. The minimum absolute atomic E-state index is 0.00975. The Hall–Kier alpha value is -4.47. The summed E-state index contributed by atoms with van der Waals surface area (Å²) in [5, 5.41) is 32.9. The lowest BCUT2D eigenvalue weighted by atomic mass is 9.70. The van der Waals surface area contributed by atoms with Crippen LogP contribution < -0.4 is 10.1 Å². The number of nitrogens with one attached hydrogen (secondary N) is 1. The third kappa shape index (κ3) is 3.51. The number of carbonyl (C=O) groups excluding carboxylic acids is 3. The van der Waals surface area contributed by atoms with Crippen molar-refractivity contribution in [1.29, 1.82) is 0 Å². The lowest BCUT2D eigenvalue weighted by molar-refractivity contribution is -0.123. The van der Waals surface area contributed by atoms with Gasteiger partial charge < -0.3 is 20.3 Å². The van der Waals surface area contributed by atoms with E-state index in [1.165, 1.54) is 19.9 Å². The average molecular weight is 503 g/mol. The van der Waals surface area contributed by atoms with Gasteiger partial charge in [0.1, 0.15) is 39.8 Å². The summed E-state index contributed by atoms with van der Waals surface area (Å²) in [4.78, 5) is 39.1. The number of hydrogen-bond acceptors (Lipinski definition) is 9. The molecular formula is C27H26N4O6. The van der Waals surface area contributed by atoms with Crippen LogP contribution in [0.2, 0.25) is 0 Å². The number of hydrogen-bond donors (Lipinski definition) is 3. The quantitative estimate of drug-likeness (QED) is 0.201. The Balaban J connectivity index is 1.43. The highest BCUT2D eigenvalue weighted by atomic mass is 16.5. The molecule has 0 amide bonds. The molecule has 3 aromatic rings. The highest BCUT2D eigenvalue weighted by Crippen LogP contribution is 2.57. The predicted molar refractivity (Wildman–Crippen MR) is 133 cm³/mol. The fourth-order valence-corrected chi connectivity index (χ4v) is 5.03. The first-order valence-electron chi connectivity index (χ1n) is 11.9. The Bertz CT molecular complexity index is 1580. The molecule has 1 aromatic carbocycles. The average Bonchev–Trinajstić information content (AvgIpc) is 3.39. The lowest BCUT2D eigenvalue weighted by Gasteiger charge is -2.29. The largest absolute Gasteiger partial charge is 0.507 e. The van der Waals surface area contributed by atoms with E-state index in [0.717, 1.165) is 11.5 Å². The second-order valence-electron chi connectivity index (χ2n) is 9.46. The molecule has 0 unspecified atom stereocenters. The Morgan fingerprint density at radius 2 is 1.92 bits per heavy atom. The molecule has 1 atom stereocenters. The molecule has 1 aliphatic heterocycles. The van der Waals surface area contributed by atoms with Gasteiger partial charge in [0.15, 0.2) is 23.0 Å². The number of fused-ring (bicyclic) bond motifs is 4. The molecule has 3 heterocycles. The Labute approximate surface area is 212 Å². The molecule has 10 nitrogen and oxygen atoms in total. The van der Waals surface area contributed by atoms with E-state index in [0.29, 0.717) is 25.1 Å². The first-order chi connectivity index (χ1) is 17.6. The van der Waals surface area contributed by atoms with Gasteiger partial charge in [0, 0.05) is 36.5 Å². The van der Waals surface area contributed by atoms with E-state index in [1.807, 2.05) is 28.8 Å². The second kappa shape index (κ2) is 8.58. The van der Waals surface area contributed by atoms with Crippen LogP contribution in [0.3, 0.4) is 0 Å². The maximum atomic E-state index is 13.8. The van der Waals surface area contributed by atoms with Crippen molar-refractivity contribution in [3.8, 4) is 17.2 Å². The SMILES string of the molecule is CC(=O)c1c(O)c(C)c(O)c2c1OC1=CC(=O)C(=C(C)NCCCc3nnc4ccccn34)C(=O)[C@@]12C. The summed E-state index contributed by atoms with van der Waals surface area (Å²) in [5.74, 6) is -1.64. The molecule has 0 saturated carbocycles. The Morgan fingerprint density at radius 1 is 1.16 bits per heavy atom. The first-order valence-corrected chi connectivity index (χ1v) is 11.9. The highest BCUT2D eigenvalue weighted by Gasteiger charge is 2.56. The van der Waals surface area contributed by atoms with E-state index in [1.54, 1.807) is 13.8 Å². The number of pyridine rings is 1. The van der Waals surface area contributed by atoms with Gasteiger partial charge in [-0.25, -0.2) is 0 Å². The first kappa shape index (κ1) is 24.2. The van der Waals surface area contributed by atoms with Crippen molar-refractivity contribution in [3.63, 3.8) is 0 Å². The molecule has 2 aliphatic rings. The summed E-state index contributed by atoms with van der Waals surface area (Å²) in [7, 11) is 0. The molecule has 5 rings (SSSR count). The summed E-state index contributed by atoms with van der Waals surface area (Å²) < 4.78 is 7.70. The molecule has 3 N–H and O–H groups in total. The molecule has 0 fully saturated rings. The summed E-state index contributed by atoms with van der Waals surface area (Å²) in [6.07, 6.45) is 4.41. The van der Waals surface area contributed by atoms with Crippen LogP contribution in [0.1, 0.15) is 54.5 Å². The molecule has 0 saturated heterocycles. The molecule has 37 heavy (non-hydrogen) atoms. The van der Waals surface area contributed by atoms with Crippen molar-refractivity contribution in [1.82, 2.24) is 19.9 Å². The van der Waals surface area contributed by atoms with E-state index in [9.17, 15) is 24.6 Å². The van der Waals surface area contributed by atoms with Crippen LogP contribution in [-0.2, 0) is 21.4 Å². The number of nitrogens with zero attached hydrogens (tertiary/aromatic N) is 3. The molecule has 0 radical (unpaired) electrons. The predicted octanol–water partition coefficient (Wildman–Crippen LogP) is 2.83. The van der Waals surface area contributed by atoms with Crippen molar-refractivity contribution >= 4 is 23.0 Å². The van der Waals surface area contributed by atoms with Crippen LogP contribution in [-0.4, -0.2) is 48.7 Å². The Kier molecular flexibility index (Phi) is 5.62. The zero-order valence-electron chi connectivity index (χ0n) is 20.9. The van der Waals surface area contributed by atoms with Crippen molar-refractivity contribution in [2.24, 2.45) is 0 Å². The number of phenolic OH excluding ortho intramolecular Hbond substituents is 2. The van der Waals surface area contributed by atoms with E-state index >= 15 is 0 Å². The summed E-state index contributed by atoms with van der Waals surface area (Å²) in [6.45, 7) is 6.37. The third-order valence-corrected chi connectivity index (χ3v) is 7.11. The van der Waals surface area contributed by atoms with Gasteiger partial charge in [-0.1, -0.05) is 6.07 Å². The minimum atomic E-state index is -1.53. The smallest absolute Gasteiger partial charge is 0.194 e. The topological polar surface area (TPSA) is 143 Å². The van der Waals surface area contributed by atoms with Crippen LogP contribution in [0.15, 0.2) is 47.5 Å². The fourth-order valence-electron chi connectivity index (χ4n) is 5.03. The van der Waals surface area contributed by atoms with E-state index < -0.39 is 28.5 Å². The number of ketones is 3. The van der Waals surface area contributed by atoms with Crippen LogP contribution in [0.25, 0.3) is 5.65 Å². The monoisotopic (exact) mass is 502 g/mol. The number of benzene rings is 1. The van der Waals surface area contributed by atoms with Crippen LogP contribution in [0.4, 0.5) is 0 Å². The van der Waals surface area contributed by atoms with Crippen LogP contribution in [0, 0.1) is 6.92 Å². The molecular weight excluding hydrogens is 476 g/mol. The zero-order chi connectivity index (χ0) is 26.6. The van der Waals surface area contributed by atoms with Crippen molar-refractivity contribution in [2.75, 3.05) is 6.54 Å². The van der Waals surface area contributed by atoms with Crippen molar-refractivity contribution < 1.29 is 29.3 Å². The lowest BCUT2D eigenvalue weighted by Crippen LogP contribution is -2.41. The van der Waals surface area contributed by atoms with Crippen LogP contribution in [0.5, 0.6) is 17.2 Å². The summed E-state index contributed by atoms with van der Waals surface area (Å²) in [6, 6.07) is 5.67. The number of aromatic hydroxyl groups is 2. The van der Waals surface area contributed by atoms with E-state index in [4.69, 9.17) is 4.74 Å². The number of Topliss-reactive ketones (excluding diaryl/α,β-unsaturated/α-hetero) is 2. The summed E-state index contributed by atoms with van der Waals surface area (Å²) >= 11 is 0. The standard InChI is InChI=1S/C27H26N4O6/c1-13-23(34)21(15(3)32)25-22(24(13)35)27(4)17(37-25)12-16(33)20(26(27)36)14(2)28-10-7-9-19-30-29-18-8-5-6-11-31(18)19/h5-6,8,11-12,28,34-35H,7,9-10H2,1-4H3/t27-/m0/s1. The zero-order valence-corrected chi connectivity index (χ0v) is 20.9. The third-order valence-electron chi connectivity index (χ3n) is 7.11. The number of rotatable bonds is 6. The summed E-state index contributed by atoms with van der Waals surface area (Å²) in [5.41, 5.74) is -0.436. The number of aryl methyl sites for hydroxylation is 1. The van der Waals surface area contributed by atoms with Crippen molar-refractivity contribution in [2.45, 2.75) is 46.0 Å². The highest BCUT2D eigenvalue weighted by molar-refractivity contribution is 6.31. The number of ether oxygens (including phenoxy) is 1. The van der Waals surface area contributed by atoms with Crippen molar-refractivity contribution in [3.05, 3.63) is 70.0 Å². The minimum Gasteiger partial charge on any atom is -0.507 e. The van der Waals surface area contributed by atoms with Gasteiger partial charge in [-0.2, -0.15) is 0 Å². The number of allylic oxidation sites excluding steroid dienone is 4. The van der Waals surface area contributed by atoms with Gasteiger partial charge in [0.2, 0.25) is 0 Å². The number of aromatic nitrogens is 3. The number of phenols is 2. The van der Waals surface area contributed by atoms with Gasteiger partial charge in [0.05, 0.1) is 11.1 Å². The number of carbonyl (C=O) groups is 3. The molecule has 10 heteroatoms. The molecule has 0 spiro atoms. The fraction of sp³-hybridized carbons (Fsp3) is 0.296. The van der Waals surface area contributed by atoms with Gasteiger partial charge in [-0.15, -0.1) is 10.2 Å². The van der Waals surface area contributed by atoms with E-state index in [2.05, 4.69) is 15.5 Å². The van der Waals surface area contributed by atoms with Gasteiger partial charge >= 0.3 is 0 Å². The van der Waals surface area contributed by atoms with Crippen LogP contribution >= 0.6 is 0 Å². The Morgan fingerprint density at radius 3 is 2.65 bits per heavy atom. The normalized spacial score (nSPS) is 19.8. The van der Waals surface area contributed by atoms with Gasteiger partial charge in [-0.05, 0) is 46.2 Å². The van der Waals surface area contributed by atoms with Gasteiger partial charge in [0.25, 0.3) is 0 Å². The maximum Gasteiger partial charge on any atom is 0.194 e.